The van der Waals surface area contributed by atoms with Crippen molar-refractivity contribution in [1.82, 2.24) is 0 Å². The highest BCUT2D eigenvalue weighted by atomic mass is 16.3. The number of aliphatic hydroxyl groups is 1. The van der Waals surface area contributed by atoms with E-state index in [-0.39, 0.29) is 0 Å². The molecule has 2 heteroatoms. The summed E-state index contributed by atoms with van der Waals surface area (Å²) in [6.07, 6.45) is 2.17. The van der Waals surface area contributed by atoms with E-state index in [1.165, 1.54) is 0 Å². The third kappa shape index (κ3) is 4.73. The topological polar surface area (TPSA) is 46.2 Å². The van der Waals surface area contributed by atoms with Crippen LogP contribution in [0.4, 0.5) is 0 Å². The molecule has 0 aliphatic heterocycles. The molecule has 0 bridgehead atoms. The van der Waals surface area contributed by atoms with Gasteiger partial charge in [-0.15, -0.1) is 0 Å². The molecule has 0 amide bonds. The molecule has 2 atom stereocenters. The highest BCUT2D eigenvalue weighted by molar-refractivity contribution is 4.73. The van der Waals surface area contributed by atoms with Gasteiger partial charge in [0.15, 0.2) is 0 Å². The van der Waals surface area contributed by atoms with E-state index in [9.17, 15) is 5.11 Å². The first-order valence-electron chi connectivity index (χ1n) is 4.80. The summed E-state index contributed by atoms with van der Waals surface area (Å²) in [6.45, 7) is 8.72. The van der Waals surface area contributed by atoms with Crippen LogP contribution >= 0.6 is 0 Å². The monoisotopic (exact) mass is 173 g/mol. The Morgan fingerprint density at radius 2 is 1.75 bits per heavy atom. The number of hydrogen-bond donors (Lipinski definition) is 2. The minimum absolute atomic E-state index is 0.353. The second kappa shape index (κ2) is 4.83. The molecule has 0 aliphatic rings. The van der Waals surface area contributed by atoms with Crippen molar-refractivity contribution in [3.8, 4) is 0 Å². The molecule has 0 aromatic heterocycles. The molecule has 0 rings (SSSR count). The van der Waals surface area contributed by atoms with Crippen LogP contribution in [0.1, 0.15) is 40.5 Å². The summed E-state index contributed by atoms with van der Waals surface area (Å²) in [5, 5.41) is 9.64. The lowest BCUT2D eigenvalue weighted by molar-refractivity contribution is 0.0192. The fraction of sp³-hybridized carbons (Fsp3) is 1.00. The standard InChI is InChI=1S/C10H23NO/c1-8(7-11)5-6-9(2)10(3,4)12/h8-9,12H,5-7,11H2,1-4H3. The zero-order chi connectivity index (χ0) is 9.78. The zero-order valence-corrected chi connectivity index (χ0v) is 8.80. The molecule has 74 valence electrons. The lowest BCUT2D eigenvalue weighted by Crippen LogP contribution is -2.29. The maximum atomic E-state index is 9.64. The van der Waals surface area contributed by atoms with E-state index in [0.29, 0.717) is 11.8 Å². The SMILES string of the molecule is CC(CN)CCC(C)C(C)(C)O. The van der Waals surface area contributed by atoms with E-state index in [1.807, 2.05) is 13.8 Å². The van der Waals surface area contributed by atoms with E-state index in [2.05, 4.69) is 13.8 Å². The summed E-state index contributed by atoms with van der Waals surface area (Å²) in [5.41, 5.74) is 4.96. The lowest BCUT2D eigenvalue weighted by Gasteiger charge is -2.26. The van der Waals surface area contributed by atoms with Gasteiger partial charge in [0.25, 0.3) is 0 Å². The van der Waals surface area contributed by atoms with Crippen LogP contribution in [0.2, 0.25) is 0 Å². The van der Waals surface area contributed by atoms with Crippen molar-refractivity contribution >= 4 is 0 Å². The highest BCUT2D eigenvalue weighted by Crippen LogP contribution is 2.22. The Balaban J connectivity index is 3.64. The van der Waals surface area contributed by atoms with Gasteiger partial charge >= 0.3 is 0 Å². The summed E-state index contributed by atoms with van der Waals surface area (Å²) < 4.78 is 0. The van der Waals surface area contributed by atoms with E-state index >= 15 is 0 Å². The van der Waals surface area contributed by atoms with Crippen LogP contribution in [-0.2, 0) is 0 Å². The second-order valence-corrected chi connectivity index (χ2v) is 4.47. The first-order valence-corrected chi connectivity index (χ1v) is 4.80. The first kappa shape index (κ1) is 11.9. The van der Waals surface area contributed by atoms with Crippen molar-refractivity contribution in [2.45, 2.75) is 46.1 Å². The molecular weight excluding hydrogens is 150 g/mol. The molecule has 3 N–H and O–H groups in total. The van der Waals surface area contributed by atoms with Gasteiger partial charge in [-0.25, -0.2) is 0 Å². The van der Waals surface area contributed by atoms with Gasteiger partial charge in [-0.2, -0.15) is 0 Å². The summed E-state index contributed by atoms with van der Waals surface area (Å²) in [6, 6.07) is 0. The van der Waals surface area contributed by atoms with Crippen LogP contribution in [0, 0.1) is 11.8 Å². The molecule has 2 unspecified atom stereocenters. The lowest BCUT2D eigenvalue weighted by atomic mass is 9.87. The van der Waals surface area contributed by atoms with E-state index in [1.54, 1.807) is 0 Å². The van der Waals surface area contributed by atoms with Crippen molar-refractivity contribution in [3.63, 3.8) is 0 Å². The van der Waals surface area contributed by atoms with Gasteiger partial charge in [0.1, 0.15) is 0 Å². The van der Waals surface area contributed by atoms with Gasteiger partial charge < -0.3 is 10.8 Å². The predicted molar refractivity (Wildman–Crippen MR) is 52.9 cm³/mol. The van der Waals surface area contributed by atoms with Crippen molar-refractivity contribution < 1.29 is 5.11 Å². The molecule has 0 heterocycles. The summed E-state index contributed by atoms with van der Waals surface area (Å²) >= 11 is 0. The fourth-order valence-electron chi connectivity index (χ4n) is 1.01. The van der Waals surface area contributed by atoms with Crippen molar-refractivity contribution in [2.75, 3.05) is 6.54 Å². The van der Waals surface area contributed by atoms with Crippen molar-refractivity contribution in [2.24, 2.45) is 17.6 Å². The van der Waals surface area contributed by atoms with Crippen molar-refractivity contribution in [3.05, 3.63) is 0 Å². The maximum absolute atomic E-state index is 9.64. The van der Waals surface area contributed by atoms with Gasteiger partial charge in [0.05, 0.1) is 5.60 Å². The molecule has 0 aliphatic carbocycles. The Morgan fingerprint density at radius 3 is 2.08 bits per heavy atom. The minimum atomic E-state index is -0.547. The molecule has 12 heavy (non-hydrogen) atoms. The molecule has 0 aromatic carbocycles. The Labute approximate surface area is 76.2 Å². The molecule has 0 saturated carbocycles. The van der Waals surface area contributed by atoms with Crippen LogP contribution in [0.5, 0.6) is 0 Å². The Kier molecular flexibility index (Phi) is 4.80. The predicted octanol–water partition coefficient (Wildman–Crippen LogP) is 1.77. The van der Waals surface area contributed by atoms with E-state index in [4.69, 9.17) is 5.73 Å². The van der Waals surface area contributed by atoms with Crippen molar-refractivity contribution in [1.29, 1.82) is 0 Å². The maximum Gasteiger partial charge on any atom is 0.0617 e. The summed E-state index contributed by atoms with van der Waals surface area (Å²) in [5.74, 6) is 0.932. The van der Waals surface area contributed by atoms with Crippen LogP contribution in [-0.4, -0.2) is 17.3 Å². The van der Waals surface area contributed by atoms with Crippen LogP contribution < -0.4 is 5.73 Å². The van der Waals surface area contributed by atoms with Crippen LogP contribution in [0.25, 0.3) is 0 Å². The molecule has 0 fully saturated rings. The summed E-state index contributed by atoms with van der Waals surface area (Å²) in [4.78, 5) is 0. The van der Waals surface area contributed by atoms with E-state index < -0.39 is 5.60 Å². The number of rotatable bonds is 5. The second-order valence-electron chi connectivity index (χ2n) is 4.47. The molecule has 0 radical (unpaired) electrons. The Bertz CT molecular complexity index is 117. The van der Waals surface area contributed by atoms with Crippen LogP contribution in [0.3, 0.4) is 0 Å². The third-order valence-corrected chi connectivity index (χ3v) is 2.70. The molecule has 0 aromatic rings. The fourth-order valence-corrected chi connectivity index (χ4v) is 1.01. The van der Waals surface area contributed by atoms with Gasteiger partial charge in [0, 0.05) is 0 Å². The zero-order valence-electron chi connectivity index (χ0n) is 8.80. The van der Waals surface area contributed by atoms with Gasteiger partial charge in [0.2, 0.25) is 0 Å². The average Bonchev–Trinajstić information content (AvgIpc) is 1.97. The molecule has 0 saturated heterocycles. The number of hydrogen-bond acceptors (Lipinski definition) is 2. The third-order valence-electron chi connectivity index (χ3n) is 2.70. The quantitative estimate of drug-likeness (QED) is 0.665. The van der Waals surface area contributed by atoms with E-state index in [0.717, 1.165) is 19.4 Å². The van der Waals surface area contributed by atoms with Crippen LogP contribution in [0.15, 0.2) is 0 Å². The normalized spacial score (nSPS) is 17.5. The Hall–Kier alpha value is -0.0800. The number of nitrogens with two attached hydrogens (primary N) is 1. The molecule has 2 nitrogen and oxygen atoms in total. The summed E-state index contributed by atoms with van der Waals surface area (Å²) in [7, 11) is 0. The Morgan fingerprint density at radius 1 is 1.25 bits per heavy atom. The van der Waals surface area contributed by atoms with Gasteiger partial charge in [-0.05, 0) is 45.1 Å². The molecular formula is C10H23NO. The first-order chi connectivity index (χ1) is 5.38. The minimum Gasteiger partial charge on any atom is -0.390 e. The highest BCUT2D eigenvalue weighted by Gasteiger charge is 2.21. The van der Waals surface area contributed by atoms with Gasteiger partial charge in [-0.1, -0.05) is 13.8 Å². The van der Waals surface area contributed by atoms with Gasteiger partial charge in [-0.3, -0.25) is 0 Å². The average molecular weight is 173 g/mol. The smallest absolute Gasteiger partial charge is 0.0617 e. The largest absolute Gasteiger partial charge is 0.390 e. The molecule has 0 spiro atoms.